The molecule has 0 aliphatic heterocycles. The Labute approximate surface area is 135 Å². The first kappa shape index (κ1) is 14.8. The molecule has 4 nitrogen and oxygen atoms in total. The molecule has 0 radical (unpaired) electrons. The molecular formula is C19H17N3O. The van der Waals surface area contributed by atoms with E-state index in [1.807, 2.05) is 54.6 Å². The predicted molar refractivity (Wildman–Crippen MR) is 95.1 cm³/mol. The minimum absolute atomic E-state index is 0.711. The molecule has 1 aromatic heterocycles. The fourth-order valence-electron chi connectivity index (χ4n) is 2.39. The number of hydrogen-bond acceptors (Lipinski definition) is 4. The van der Waals surface area contributed by atoms with Gasteiger partial charge < -0.3 is 4.74 Å². The minimum atomic E-state index is 0.711. The van der Waals surface area contributed by atoms with Gasteiger partial charge in [0, 0.05) is 17.1 Å². The van der Waals surface area contributed by atoms with Crippen LogP contribution in [0.15, 0.2) is 78.6 Å². The van der Waals surface area contributed by atoms with Crippen LogP contribution in [0.25, 0.3) is 10.9 Å². The highest BCUT2D eigenvalue weighted by atomic mass is 16.5. The Balaban J connectivity index is 1.98. The van der Waals surface area contributed by atoms with Gasteiger partial charge in [0.15, 0.2) is 0 Å². The van der Waals surface area contributed by atoms with Crippen molar-refractivity contribution < 1.29 is 4.74 Å². The normalized spacial score (nSPS) is 11.3. The van der Waals surface area contributed by atoms with E-state index in [1.54, 1.807) is 19.4 Å². The van der Waals surface area contributed by atoms with Crippen LogP contribution in [0.2, 0.25) is 0 Å². The maximum Gasteiger partial charge on any atom is 0.128 e. The summed E-state index contributed by atoms with van der Waals surface area (Å²) in [4.78, 5) is 4.35. The van der Waals surface area contributed by atoms with Crippen molar-refractivity contribution in [2.75, 3.05) is 12.5 Å². The van der Waals surface area contributed by atoms with E-state index in [-0.39, 0.29) is 0 Å². The number of nitrogens with zero attached hydrogens (tertiary/aromatic N) is 2. The van der Waals surface area contributed by atoms with Crippen molar-refractivity contribution >= 4 is 22.3 Å². The molecule has 1 N–H and O–H groups in total. The van der Waals surface area contributed by atoms with Crippen LogP contribution in [-0.4, -0.2) is 17.8 Å². The summed E-state index contributed by atoms with van der Waals surface area (Å²) in [6.45, 7) is 3.85. The summed E-state index contributed by atoms with van der Waals surface area (Å²) in [6, 6.07) is 17.5. The second-order valence-electron chi connectivity index (χ2n) is 4.89. The van der Waals surface area contributed by atoms with Gasteiger partial charge in [-0.3, -0.25) is 10.4 Å². The van der Waals surface area contributed by atoms with Crippen molar-refractivity contribution in [3.8, 4) is 5.75 Å². The maximum absolute atomic E-state index is 5.38. The molecular weight excluding hydrogens is 286 g/mol. The zero-order valence-electron chi connectivity index (χ0n) is 12.9. The number of hydrazone groups is 1. The number of fused-ring (bicyclic) bond motifs is 1. The highest BCUT2D eigenvalue weighted by molar-refractivity contribution is 6.10. The highest BCUT2D eigenvalue weighted by Gasteiger charge is 2.07. The fourth-order valence-corrected chi connectivity index (χ4v) is 2.39. The Morgan fingerprint density at radius 2 is 2.00 bits per heavy atom. The Kier molecular flexibility index (Phi) is 4.34. The molecule has 3 aromatic rings. The molecule has 0 aliphatic rings. The lowest BCUT2D eigenvalue weighted by molar-refractivity contribution is 0.414. The molecule has 2 aromatic carbocycles. The van der Waals surface area contributed by atoms with Gasteiger partial charge in [0.25, 0.3) is 0 Å². The van der Waals surface area contributed by atoms with Gasteiger partial charge in [-0.1, -0.05) is 24.8 Å². The maximum atomic E-state index is 5.38. The van der Waals surface area contributed by atoms with Gasteiger partial charge >= 0.3 is 0 Å². The molecule has 0 spiro atoms. The molecule has 0 saturated heterocycles. The van der Waals surface area contributed by atoms with Crippen molar-refractivity contribution in [3.05, 3.63) is 79.0 Å². The monoisotopic (exact) mass is 303 g/mol. The van der Waals surface area contributed by atoms with Crippen LogP contribution in [0, 0.1) is 0 Å². The van der Waals surface area contributed by atoms with Gasteiger partial charge in [0.1, 0.15) is 5.75 Å². The number of para-hydroxylation sites is 1. The van der Waals surface area contributed by atoms with Crippen LogP contribution >= 0.6 is 0 Å². The van der Waals surface area contributed by atoms with Crippen molar-refractivity contribution in [1.29, 1.82) is 0 Å². The molecule has 0 atom stereocenters. The summed E-state index contributed by atoms with van der Waals surface area (Å²) in [6.07, 6.45) is 3.48. The van der Waals surface area contributed by atoms with Crippen molar-refractivity contribution in [2.24, 2.45) is 5.10 Å². The first-order valence-corrected chi connectivity index (χ1v) is 7.27. The third-order valence-corrected chi connectivity index (χ3v) is 3.52. The fraction of sp³-hybridized carbons (Fsp3) is 0.0526. The summed E-state index contributed by atoms with van der Waals surface area (Å²) < 4.78 is 5.38. The minimum Gasteiger partial charge on any atom is -0.496 e. The second-order valence-corrected chi connectivity index (χ2v) is 4.89. The Morgan fingerprint density at radius 1 is 1.13 bits per heavy atom. The Bertz CT molecular complexity index is 866. The molecule has 23 heavy (non-hydrogen) atoms. The third kappa shape index (κ3) is 3.06. The molecule has 3 rings (SSSR count). The average molecular weight is 303 g/mol. The number of pyridine rings is 1. The first-order valence-electron chi connectivity index (χ1n) is 7.27. The summed E-state index contributed by atoms with van der Waals surface area (Å²) in [7, 11) is 1.64. The van der Waals surface area contributed by atoms with Crippen LogP contribution < -0.4 is 10.2 Å². The zero-order valence-corrected chi connectivity index (χ0v) is 12.9. The standard InChI is InChI=1S/C19H17N3O/c1-3-16(15-8-4-5-12-19(15)23-2)21-22-18-11-6-10-17-14(18)9-7-13-20-17/h3-13,22H,1H2,2H3/b21-16+. The van der Waals surface area contributed by atoms with Crippen LogP contribution in [0.1, 0.15) is 5.56 Å². The molecule has 0 fully saturated rings. The van der Waals surface area contributed by atoms with E-state index in [4.69, 9.17) is 4.74 Å². The quantitative estimate of drug-likeness (QED) is 0.566. The number of ether oxygens (including phenoxy) is 1. The van der Waals surface area contributed by atoms with Crippen molar-refractivity contribution in [2.45, 2.75) is 0 Å². The third-order valence-electron chi connectivity index (χ3n) is 3.52. The van der Waals surface area contributed by atoms with Crippen LogP contribution in [0.4, 0.5) is 5.69 Å². The van der Waals surface area contributed by atoms with E-state index in [1.165, 1.54) is 0 Å². The molecule has 114 valence electrons. The lowest BCUT2D eigenvalue weighted by Crippen LogP contribution is -2.03. The Morgan fingerprint density at radius 3 is 2.83 bits per heavy atom. The molecule has 4 heteroatoms. The number of nitrogens with one attached hydrogen (secondary N) is 1. The number of allylic oxidation sites excluding steroid dienone is 1. The van der Waals surface area contributed by atoms with Gasteiger partial charge in [-0.2, -0.15) is 5.10 Å². The van der Waals surface area contributed by atoms with E-state index >= 15 is 0 Å². The molecule has 0 unspecified atom stereocenters. The molecule has 0 saturated carbocycles. The first-order chi connectivity index (χ1) is 11.3. The summed E-state index contributed by atoms with van der Waals surface area (Å²) in [5.74, 6) is 0.757. The number of rotatable bonds is 5. The number of aromatic nitrogens is 1. The van der Waals surface area contributed by atoms with E-state index in [2.05, 4.69) is 22.1 Å². The van der Waals surface area contributed by atoms with Crippen molar-refractivity contribution in [3.63, 3.8) is 0 Å². The highest BCUT2D eigenvalue weighted by Crippen LogP contribution is 2.22. The van der Waals surface area contributed by atoms with Crippen LogP contribution in [-0.2, 0) is 0 Å². The molecule has 0 amide bonds. The summed E-state index contributed by atoms with van der Waals surface area (Å²) >= 11 is 0. The van der Waals surface area contributed by atoms with Gasteiger partial charge in [-0.05, 0) is 42.5 Å². The van der Waals surface area contributed by atoms with Crippen LogP contribution in [0.5, 0.6) is 5.75 Å². The van der Waals surface area contributed by atoms with Crippen molar-refractivity contribution in [1.82, 2.24) is 4.98 Å². The van der Waals surface area contributed by atoms with E-state index in [0.717, 1.165) is 27.9 Å². The molecule has 1 heterocycles. The smallest absolute Gasteiger partial charge is 0.128 e. The average Bonchev–Trinajstić information content (AvgIpc) is 2.62. The van der Waals surface area contributed by atoms with Gasteiger partial charge in [0.05, 0.1) is 24.0 Å². The van der Waals surface area contributed by atoms with Crippen LogP contribution in [0.3, 0.4) is 0 Å². The number of benzene rings is 2. The lowest BCUT2D eigenvalue weighted by Gasteiger charge is -2.09. The van der Waals surface area contributed by atoms with E-state index in [9.17, 15) is 0 Å². The predicted octanol–water partition coefficient (Wildman–Crippen LogP) is 4.25. The number of anilines is 1. The SMILES string of the molecule is C=C/C(=N\Nc1cccc2ncccc12)c1ccccc1OC. The molecule has 0 aliphatic carbocycles. The largest absolute Gasteiger partial charge is 0.496 e. The zero-order chi connectivity index (χ0) is 16.1. The second kappa shape index (κ2) is 6.75. The Hall–Kier alpha value is -3.14. The number of methoxy groups -OCH3 is 1. The van der Waals surface area contributed by atoms with Gasteiger partial charge in [-0.25, -0.2) is 0 Å². The molecule has 0 bridgehead atoms. The van der Waals surface area contributed by atoms with Gasteiger partial charge in [0.2, 0.25) is 0 Å². The van der Waals surface area contributed by atoms with E-state index < -0.39 is 0 Å². The van der Waals surface area contributed by atoms with E-state index in [0.29, 0.717) is 5.71 Å². The lowest BCUT2D eigenvalue weighted by atomic mass is 10.1. The summed E-state index contributed by atoms with van der Waals surface area (Å²) in [5.41, 5.74) is 6.52. The summed E-state index contributed by atoms with van der Waals surface area (Å²) in [5, 5.41) is 5.50. The number of hydrogen-bond donors (Lipinski definition) is 1. The topological polar surface area (TPSA) is 46.5 Å². The van der Waals surface area contributed by atoms with Gasteiger partial charge in [-0.15, -0.1) is 0 Å².